The molecule has 0 aliphatic heterocycles. The summed E-state index contributed by atoms with van der Waals surface area (Å²) in [4.78, 5) is 15.4. The monoisotopic (exact) mass is 216 g/mol. The van der Waals surface area contributed by atoms with Crippen LogP contribution in [0.4, 0.5) is 5.69 Å². The van der Waals surface area contributed by atoms with Gasteiger partial charge in [-0.1, -0.05) is 12.0 Å². The number of hydrogen-bond acceptors (Lipinski definition) is 2. The Morgan fingerprint density at radius 2 is 2.06 bits per heavy atom. The topological polar surface area (TPSA) is 23.6 Å². The van der Waals surface area contributed by atoms with Gasteiger partial charge in [-0.2, -0.15) is 0 Å². The average molecular weight is 216 g/mol. The molecule has 0 fully saturated rings. The van der Waals surface area contributed by atoms with Crippen LogP contribution in [-0.2, 0) is 0 Å². The number of hydrogen-bond donors (Lipinski definition) is 0. The van der Waals surface area contributed by atoms with Crippen LogP contribution in [0.25, 0.3) is 0 Å². The summed E-state index contributed by atoms with van der Waals surface area (Å²) >= 11 is 0. The molecule has 84 valence electrons. The zero-order valence-electron chi connectivity index (χ0n) is 9.90. The van der Waals surface area contributed by atoms with E-state index in [4.69, 9.17) is 6.42 Å². The lowest BCUT2D eigenvalue weighted by Gasteiger charge is -2.16. The van der Waals surface area contributed by atoms with Gasteiger partial charge in [-0.15, -0.1) is 6.42 Å². The summed E-state index contributed by atoms with van der Waals surface area (Å²) in [5.74, 6) is 2.40. The van der Waals surface area contributed by atoms with Gasteiger partial charge in [0.15, 0.2) is 0 Å². The average Bonchev–Trinajstić information content (AvgIpc) is 2.28. The van der Waals surface area contributed by atoms with E-state index < -0.39 is 0 Å². The number of benzene rings is 1. The standard InChI is InChI=1S/C13H16N2O/c1-5-9-15(4)13(16)11-7-6-8-12(10-11)14(2)3/h1,6-8,10H,9H2,2-4H3. The minimum Gasteiger partial charge on any atom is -0.378 e. The minimum atomic E-state index is -0.0540. The van der Waals surface area contributed by atoms with Gasteiger partial charge in [-0.3, -0.25) is 4.79 Å². The molecule has 1 aromatic carbocycles. The Balaban J connectivity index is 2.92. The molecular weight excluding hydrogens is 200 g/mol. The van der Waals surface area contributed by atoms with E-state index in [9.17, 15) is 4.79 Å². The highest BCUT2D eigenvalue weighted by Crippen LogP contribution is 2.14. The molecule has 0 aromatic heterocycles. The number of rotatable bonds is 3. The maximum absolute atomic E-state index is 11.9. The van der Waals surface area contributed by atoms with Gasteiger partial charge in [0.25, 0.3) is 5.91 Å². The molecule has 0 radical (unpaired) electrons. The Labute approximate surface area is 96.7 Å². The van der Waals surface area contributed by atoms with Crippen molar-refractivity contribution < 1.29 is 4.79 Å². The summed E-state index contributed by atoms with van der Waals surface area (Å²) in [6.45, 7) is 0.324. The van der Waals surface area contributed by atoms with Crippen LogP contribution < -0.4 is 4.90 Å². The first-order chi connectivity index (χ1) is 7.56. The Morgan fingerprint density at radius 3 is 2.62 bits per heavy atom. The van der Waals surface area contributed by atoms with E-state index in [0.717, 1.165) is 5.69 Å². The summed E-state index contributed by atoms with van der Waals surface area (Å²) in [5.41, 5.74) is 1.66. The molecule has 0 saturated heterocycles. The maximum Gasteiger partial charge on any atom is 0.254 e. The van der Waals surface area contributed by atoms with Gasteiger partial charge < -0.3 is 9.80 Å². The molecule has 1 rings (SSSR count). The Bertz CT molecular complexity index is 418. The van der Waals surface area contributed by atoms with E-state index in [-0.39, 0.29) is 5.91 Å². The van der Waals surface area contributed by atoms with Gasteiger partial charge in [-0.05, 0) is 18.2 Å². The highest BCUT2D eigenvalue weighted by molar-refractivity contribution is 5.95. The van der Waals surface area contributed by atoms with E-state index in [1.54, 1.807) is 13.1 Å². The quantitative estimate of drug-likeness (QED) is 0.714. The first-order valence-corrected chi connectivity index (χ1v) is 5.02. The van der Waals surface area contributed by atoms with Crippen molar-refractivity contribution in [1.29, 1.82) is 0 Å². The minimum absolute atomic E-state index is 0.0540. The fraction of sp³-hybridized carbons (Fsp3) is 0.308. The van der Waals surface area contributed by atoms with Crippen LogP contribution >= 0.6 is 0 Å². The van der Waals surface area contributed by atoms with Crippen molar-refractivity contribution in [3.8, 4) is 12.3 Å². The molecule has 16 heavy (non-hydrogen) atoms. The lowest BCUT2D eigenvalue weighted by atomic mass is 10.1. The number of nitrogens with zero attached hydrogens (tertiary/aromatic N) is 2. The molecule has 1 amide bonds. The zero-order valence-corrected chi connectivity index (χ0v) is 9.90. The molecule has 0 heterocycles. The van der Waals surface area contributed by atoms with E-state index in [0.29, 0.717) is 12.1 Å². The largest absolute Gasteiger partial charge is 0.378 e. The van der Waals surface area contributed by atoms with Crippen LogP contribution in [0.1, 0.15) is 10.4 Å². The van der Waals surface area contributed by atoms with E-state index >= 15 is 0 Å². The lowest BCUT2D eigenvalue weighted by Crippen LogP contribution is -2.27. The second kappa shape index (κ2) is 5.22. The molecule has 0 aliphatic rings. The van der Waals surface area contributed by atoms with Crippen molar-refractivity contribution in [2.45, 2.75) is 0 Å². The van der Waals surface area contributed by atoms with Crippen LogP contribution in [-0.4, -0.2) is 38.5 Å². The van der Waals surface area contributed by atoms with Crippen LogP contribution in [0.15, 0.2) is 24.3 Å². The van der Waals surface area contributed by atoms with Gasteiger partial charge in [0, 0.05) is 32.4 Å². The summed E-state index contributed by atoms with van der Waals surface area (Å²) in [6.07, 6.45) is 5.17. The number of anilines is 1. The predicted molar refractivity (Wildman–Crippen MR) is 66.6 cm³/mol. The van der Waals surface area contributed by atoms with Gasteiger partial charge in [-0.25, -0.2) is 0 Å². The first-order valence-electron chi connectivity index (χ1n) is 5.02. The summed E-state index contributed by atoms with van der Waals surface area (Å²) < 4.78 is 0. The second-order valence-electron chi connectivity index (χ2n) is 3.81. The number of terminal acetylenes is 1. The van der Waals surface area contributed by atoms with Crippen LogP contribution in [0, 0.1) is 12.3 Å². The second-order valence-corrected chi connectivity index (χ2v) is 3.81. The smallest absolute Gasteiger partial charge is 0.254 e. The van der Waals surface area contributed by atoms with Crippen molar-refractivity contribution >= 4 is 11.6 Å². The van der Waals surface area contributed by atoms with E-state index in [1.807, 2.05) is 37.2 Å². The fourth-order valence-corrected chi connectivity index (χ4v) is 1.35. The molecule has 3 nitrogen and oxygen atoms in total. The third-order valence-corrected chi connectivity index (χ3v) is 2.28. The third-order valence-electron chi connectivity index (χ3n) is 2.28. The Kier molecular flexibility index (Phi) is 3.96. The van der Waals surface area contributed by atoms with Gasteiger partial charge in [0.05, 0.1) is 6.54 Å². The van der Waals surface area contributed by atoms with Crippen molar-refractivity contribution in [3.05, 3.63) is 29.8 Å². The molecule has 0 spiro atoms. The van der Waals surface area contributed by atoms with Crippen molar-refractivity contribution in [1.82, 2.24) is 4.90 Å². The Hall–Kier alpha value is -1.95. The van der Waals surface area contributed by atoms with Crippen LogP contribution in [0.5, 0.6) is 0 Å². The highest BCUT2D eigenvalue weighted by atomic mass is 16.2. The first kappa shape index (κ1) is 12.1. The number of carbonyl (C=O) groups excluding carboxylic acids is 1. The molecule has 0 saturated carbocycles. The predicted octanol–water partition coefficient (Wildman–Crippen LogP) is 1.46. The zero-order chi connectivity index (χ0) is 12.1. The van der Waals surface area contributed by atoms with Crippen molar-refractivity contribution in [2.24, 2.45) is 0 Å². The molecule has 3 heteroatoms. The Morgan fingerprint density at radius 1 is 1.38 bits per heavy atom. The SMILES string of the molecule is C#CCN(C)C(=O)c1cccc(N(C)C)c1. The summed E-state index contributed by atoms with van der Waals surface area (Å²) in [7, 11) is 5.58. The van der Waals surface area contributed by atoms with Crippen LogP contribution in [0.3, 0.4) is 0 Å². The molecule has 1 aromatic rings. The molecular formula is C13H16N2O. The fourth-order valence-electron chi connectivity index (χ4n) is 1.35. The normalized spacial score (nSPS) is 9.38. The lowest BCUT2D eigenvalue weighted by molar-refractivity contribution is 0.0812. The van der Waals surface area contributed by atoms with E-state index in [1.165, 1.54) is 4.90 Å². The van der Waals surface area contributed by atoms with Gasteiger partial charge in [0.1, 0.15) is 0 Å². The summed E-state index contributed by atoms with van der Waals surface area (Å²) in [5, 5.41) is 0. The number of carbonyl (C=O) groups is 1. The van der Waals surface area contributed by atoms with Gasteiger partial charge in [0.2, 0.25) is 0 Å². The molecule has 0 aliphatic carbocycles. The highest BCUT2D eigenvalue weighted by Gasteiger charge is 2.11. The molecule has 0 atom stereocenters. The maximum atomic E-state index is 11.9. The third kappa shape index (κ3) is 2.77. The number of amides is 1. The van der Waals surface area contributed by atoms with E-state index in [2.05, 4.69) is 5.92 Å². The molecule has 0 bridgehead atoms. The molecule has 0 N–H and O–H groups in total. The van der Waals surface area contributed by atoms with Crippen LogP contribution in [0.2, 0.25) is 0 Å². The van der Waals surface area contributed by atoms with Crippen molar-refractivity contribution in [2.75, 3.05) is 32.6 Å². The van der Waals surface area contributed by atoms with Gasteiger partial charge >= 0.3 is 0 Å². The molecule has 0 unspecified atom stereocenters. The summed E-state index contributed by atoms with van der Waals surface area (Å²) in [6, 6.07) is 7.47. The van der Waals surface area contributed by atoms with Crippen molar-refractivity contribution in [3.63, 3.8) is 0 Å².